The van der Waals surface area contributed by atoms with Gasteiger partial charge in [0, 0.05) is 18.3 Å². The maximum absolute atomic E-state index is 12.4. The molecule has 0 amide bonds. The number of alkyl halides is 2. The lowest BCUT2D eigenvalue weighted by Crippen LogP contribution is -2.48. The molecule has 1 saturated carbocycles. The van der Waals surface area contributed by atoms with Crippen molar-refractivity contribution in [1.82, 2.24) is 0 Å². The number of carbonyl (C=O) groups is 1. The minimum Gasteiger partial charge on any atom is -0.287 e. The SMILES string of the molecule is CSC(=O)C1(C)CC(F)(F)C1. The Hall–Kier alpha value is -0.120. The van der Waals surface area contributed by atoms with E-state index >= 15 is 0 Å². The van der Waals surface area contributed by atoms with Gasteiger partial charge >= 0.3 is 0 Å². The first-order valence-electron chi connectivity index (χ1n) is 3.36. The van der Waals surface area contributed by atoms with Crippen molar-refractivity contribution in [3.8, 4) is 0 Å². The van der Waals surface area contributed by atoms with E-state index in [0.717, 1.165) is 11.8 Å². The molecule has 0 aromatic carbocycles. The molecule has 0 aliphatic heterocycles. The van der Waals surface area contributed by atoms with Crippen molar-refractivity contribution in [2.75, 3.05) is 6.26 Å². The highest BCUT2D eigenvalue weighted by Crippen LogP contribution is 2.53. The van der Waals surface area contributed by atoms with Crippen molar-refractivity contribution >= 4 is 16.9 Å². The van der Waals surface area contributed by atoms with Crippen molar-refractivity contribution in [3.05, 3.63) is 0 Å². The van der Waals surface area contributed by atoms with Crippen LogP contribution in [-0.2, 0) is 4.79 Å². The van der Waals surface area contributed by atoms with Crippen molar-refractivity contribution < 1.29 is 13.6 Å². The molecule has 0 heterocycles. The molecule has 0 saturated heterocycles. The van der Waals surface area contributed by atoms with E-state index in [2.05, 4.69) is 0 Å². The molecule has 0 radical (unpaired) electrons. The molecule has 0 aromatic heterocycles. The van der Waals surface area contributed by atoms with Gasteiger partial charge in [-0.15, -0.1) is 0 Å². The monoisotopic (exact) mass is 180 g/mol. The van der Waals surface area contributed by atoms with Gasteiger partial charge in [-0.3, -0.25) is 4.79 Å². The first-order valence-corrected chi connectivity index (χ1v) is 4.58. The van der Waals surface area contributed by atoms with E-state index in [1.54, 1.807) is 13.2 Å². The molecular formula is C7H10F2OS. The summed E-state index contributed by atoms with van der Waals surface area (Å²) in [7, 11) is 0. The van der Waals surface area contributed by atoms with Crippen LogP contribution in [0.4, 0.5) is 8.78 Å². The Balaban J connectivity index is 2.56. The van der Waals surface area contributed by atoms with Crippen LogP contribution in [0.5, 0.6) is 0 Å². The third-order valence-corrected chi connectivity index (χ3v) is 2.84. The fraction of sp³-hybridized carbons (Fsp3) is 0.857. The van der Waals surface area contributed by atoms with Crippen LogP contribution in [0.25, 0.3) is 0 Å². The number of halogens is 2. The Morgan fingerprint density at radius 2 is 1.91 bits per heavy atom. The molecule has 0 unspecified atom stereocenters. The smallest absolute Gasteiger partial charge is 0.250 e. The van der Waals surface area contributed by atoms with Gasteiger partial charge in [-0.25, -0.2) is 8.78 Å². The van der Waals surface area contributed by atoms with Crippen LogP contribution in [0.3, 0.4) is 0 Å². The van der Waals surface area contributed by atoms with Crippen molar-refractivity contribution in [2.24, 2.45) is 5.41 Å². The molecule has 1 nitrogen and oxygen atoms in total. The minimum atomic E-state index is -2.60. The molecular weight excluding hydrogens is 170 g/mol. The average Bonchev–Trinajstić information content (AvgIpc) is 1.81. The van der Waals surface area contributed by atoms with Crippen LogP contribution in [0.1, 0.15) is 19.8 Å². The molecule has 1 rings (SSSR count). The van der Waals surface area contributed by atoms with E-state index in [0.29, 0.717) is 0 Å². The van der Waals surface area contributed by atoms with Crippen LogP contribution in [0.15, 0.2) is 0 Å². The van der Waals surface area contributed by atoms with Gasteiger partial charge in [-0.05, 0) is 6.26 Å². The summed E-state index contributed by atoms with van der Waals surface area (Å²) in [5.41, 5.74) is -0.761. The first kappa shape index (κ1) is 8.97. The van der Waals surface area contributed by atoms with Crippen LogP contribution >= 0.6 is 11.8 Å². The standard InChI is InChI=1S/C7H10F2OS/c1-6(5(10)11-2)3-7(8,9)4-6/h3-4H2,1-2H3. The molecule has 0 bridgehead atoms. The Morgan fingerprint density at radius 3 is 2.18 bits per heavy atom. The molecule has 4 heteroatoms. The van der Waals surface area contributed by atoms with Gasteiger partial charge in [-0.1, -0.05) is 18.7 Å². The van der Waals surface area contributed by atoms with Gasteiger partial charge < -0.3 is 0 Å². The van der Waals surface area contributed by atoms with Crippen molar-refractivity contribution in [1.29, 1.82) is 0 Å². The molecule has 64 valence electrons. The van der Waals surface area contributed by atoms with Crippen LogP contribution < -0.4 is 0 Å². The van der Waals surface area contributed by atoms with Gasteiger partial charge in [0.2, 0.25) is 5.92 Å². The topological polar surface area (TPSA) is 17.1 Å². The third-order valence-electron chi connectivity index (χ3n) is 1.98. The van der Waals surface area contributed by atoms with E-state index in [-0.39, 0.29) is 18.0 Å². The van der Waals surface area contributed by atoms with E-state index in [1.807, 2.05) is 0 Å². The van der Waals surface area contributed by atoms with Gasteiger partial charge in [0.15, 0.2) is 5.12 Å². The molecule has 0 aromatic rings. The van der Waals surface area contributed by atoms with E-state index in [1.165, 1.54) is 0 Å². The summed E-state index contributed by atoms with van der Waals surface area (Å²) in [4.78, 5) is 11.0. The Labute approximate surface area is 68.5 Å². The average molecular weight is 180 g/mol. The second kappa shape index (κ2) is 2.44. The lowest BCUT2D eigenvalue weighted by molar-refractivity contribution is -0.165. The van der Waals surface area contributed by atoms with Crippen LogP contribution in [0.2, 0.25) is 0 Å². The maximum Gasteiger partial charge on any atom is 0.250 e. The van der Waals surface area contributed by atoms with Crippen molar-refractivity contribution in [3.63, 3.8) is 0 Å². The van der Waals surface area contributed by atoms with Gasteiger partial charge in [0.25, 0.3) is 0 Å². The molecule has 0 spiro atoms. The number of thioether (sulfide) groups is 1. The van der Waals surface area contributed by atoms with Gasteiger partial charge in [-0.2, -0.15) is 0 Å². The fourth-order valence-corrected chi connectivity index (χ4v) is 2.12. The zero-order valence-corrected chi connectivity index (χ0v) is 7.30. The van der Waals surface area contributed by atoms with Gasteiger partial charge in [0.1, 0.15) is 0 Å². The molecule has 1 aliphatic carbocycles. The molecule has 1 aliphatic rings. The lowest BCUT2D eigenvalue weighted by atomic mass is 9.68. The highest BCUT2D eigenvalue weighted by molar-refractivity contribution is 8.13. The number of carbonyl (C=O) groups excluding carboxylic acids is 1. The molecule has 1 fully saturated rings. The molecule has 0 N–H and O–H groups in total. The Morgan fingerprint density at radius 1 is 1.45 bits per heavy atom. The highest BCUT2D eigenvalue weighted by atomic mass is 32.2. The predicted molar refractivity (Wildman–Crippen MR) is 40.8 cm³/mol. The summed E-state index contributed by atoms with van der Waals surface area (Å²) >= 11 is 1.04. The Kier molecular flexibility index (Phi) is 1.99. The summed E-state index contributed by atoms with van der Waals surface area (Å²) in [6.07, 6.45) is 1.07. The van der Waals surface area contributed by atoms with E-state index < -0.39 is 11.3 Å². The molecule has 11 heavy (non-hydrogen) atoms. The fourth-order valence-electron chi connectivity index (χ4n) is 1.48. The lowest BCUT2D eigenvalue weighted by Gasteiger charge is -2.42. The van der Waals surface area contributed by atoms with Gasteiger partial charge in [0.05, 0.1) is 0 Å². The predicted octanol–water partition coefficient (Wildman–Crippen LogP) is 2.31. The Bertz CT molecular complexity index is 183. The largest absolute Gasteiger partial charge is 0.287 e. The summed E-state index contributed by atoms with van der Waals surface area (Å²) < 4.78 is 24.7. The molecule has 0 atom stereocenters. The maximum atomic E-state index is 12.4. The highest BCUT2D eigenvalue weighted by Gasteiger charge is 2.57. The second-order valence-corrected chi connectivity index (χ2v) is 4.04. The minimum absolute atomic E-state index is 0.122. The number of rotatable bonds is 1. The summed E-state index contributed by atoms with van der Waals surface area (Å²) in [5, 5.41) is -0.122. The van der Waals surface area contributed by atoms with E-state index in [4.69, 9.17) is 0 Å². The van der Waals surface area contributed by atoms with Crippen LogP contribution in [-0.4, -0.2) is 17.3 Å². The quantitative estimate of drug-likeness (QED) is 0.616. The zero-order chi connectivity index (χ0) is 8.70. The second-order valence-electron chi connectivity index (χ2n) is 3.26. The van der Waals surface area contributed by atoms with Crippen molar-refractivity contribution in [2.45, 2.75) is 25.7 Å². The first-order chi connectivity index (χ1) is 4.90. The number of hydrogen-bond acceptors (Lipinski definition) is 2. The van der Waals surface area contributed by atoms with E-state index in [9.17, 15) is 13.6 Å². The van der Waals surface area contributed by atoms with Crippen LogP contribution in [0, 0.1) is 5.41 Å². The summed E-state index contributed by atoms with van der Waals surface area (Å²) in [6.45, 7) is 1.60. The zero-order valence-electron chi connectivity index (χ0n) is 6.49. The summed E-state index contributed by atoms with van der Waals surface area (Å²) in [5.74, 6) is -2.60. The number of hydrogen-bond donors (Lipinski definition) is 0. The summed E-state index contributed by atoms with van der Waals surface area (Å²) in [6, 6.07) is 0. The third kappa shape index (κ3) is 1.55. The normalized spacial score (nSPS) is 25.8.